The average Bonchev–Trinajstić information content (AvgIpc) is 2.40. The number of hydrogen-bond donors (Lipinski definition) is 0. The second-order valence-electron chi connectivity index (χ2n) is 6.91. The lowest BCUT2D eigenvalue weighted by atomic mass is 9.86. The minimum Gasteiger partial charge on any atom is -0.443 e. The third kappa shape index (κ3) is 6.28. The lowest BCUT2D eigenvalue weighted by molar-refractivity contribution is -0.142. The van der Waals surface area contributed by atoms with Crippen LogP contribution in [0.1, 0.15) is 47.0 Å². The van der Waals surface area contributed by atoms with Crippen LogP contribution in [0.2, 0.25) is 0 Å². The number of likely N-dealkylation sites (tertiary alicyclic amines) is 1. The van der Waals surface area contributed by atoms with Crippen molar-refractivity contribution in [3.63, 3.8) is 0 Å². The molecule has 0 aromatic rings. The molecule has 1 rings (SSSR count). The van der Waals surface area contributed by atoms with E-state index in [1.54, 1.807) is 20.8 Å². The Bertz CT molecular complexity index is 520. The monoisotopic (exact) mass is 324 g/mol. The summed E-state index contributed by atoms with van der Waals surface area (Å²) in [7, 11) is 0. The maximum Gasteiger partial charge on any atom is 0.417 e. The molecule has 1 unspecified atom stereocenters. The minimum absolute atomic E-state index is 0.0540. The van der Waals surface area contributed by atoms with Crippen LogP contribution in [-0.2, 0) is 14.3 Å². The number of piperidine rings is 1. The highest BCUT2D eigenvalue weighted by Gasteiger charge is 2.38. The molecule has 1 aliphatic heterocycles. The van der Waals surface area contributed by atoms with Gasteiger partial charge in [-0.05, 0) is 45.1 Å². The largest absolute Gasteiger partial charge is 0.443 e. The number of nitrogens with zero attached hydrogens (tertiary/aromatic N) is 4. The summed E-state index contributed by atoms with van der Waals surface area (Å²) in [6.45, 7) is 7.54. The zero-order valence-corrected chi connectivity index (χ0v) is 14.1. The molecule has 1 aliphatic rings. The van der Waals surface area contributed by atoms with Crippen LogP contribution < -0.4 is 0 Å². The Balaban J connectivity index is 2.67. The van der Waals surface area contributed by atoms with Gasteiger partial charge in [0.1, 0.15) is 11.4 Å². The van der Waals surface area contributed by atoms with Crippen LogP contribution in [0.15, 0.2) is 5.11 Å². The van der Waals surface area contributed by atoms with E-state index in [4.69, 9.17) is 10.3 Å². The van der Waals surface area contributed by atoms with E-state index in [-0.39, 0.29) is 30.6 Å². The van der Waals surface area contributed by atoms with Crippen LogP contribution in [-0.4, -0.2) is 41.4 Å². The van der Waals surface area contributed by atoms with Crippen molar-refractivity contribution in [3.05, 3.63) is 10.4 Å². The zero-order chi connectivity index (χ0) is 17.6. The second-order valence-corrected chi connectivity index (χ2v) is 6.91. The molecule has 0 spiro atoms. The molecule has 2 amide bonds. The molecule has 0 bridgehead atoms. The summed E-state index contributed by atoms with van der Waals surface area (Å²) in [5, 5.41) is 3.48. The van der Waals surface area contributed by atoms with Crippen molar-refractivity contribution >= 4 is 17.8 Å². The molecule has 0 aromatic carbocycles. The van der Waals surface area contributed by atoms with Gasteiger partial charge in [0, 0.05) is 23.9 Å². The number of hydrogen-bond acceptors (Lipinski definition) is 5. The average molecular weight is 324 g/mol. The standard InChI is InChI=1S/C15H24N4O4/c1-10(5-6-17-18-16)7-11-9-19(13(21)8-12(11)20)14(22)23-15(2,3)4/h10-11H,5-9H2,1-4H3/t10?,11-/m1/s1. The van der Waals surface area contributed by atoms with Gasteiger partial charge < -0.3 is 4.74 Å². The number of imide groups is 1. The highest BCUT2D eigenvalue weighted by atomic mass is 16.6. The number of Topliss-reactive ketones (excluding diaryl/α,β-unsaturated/α-hetero) is 1. The van der Waals surface area contributed by atoms with Crippen molar-refractivity contribution in [3.8, 4) is 0 Å². The highest BCUT2D eigenvalue weighted by Crippen LogP contribution is 2.24. The summed E-state index contributed by atoms with van der Waals surface area (Å²) < 4.78 is 5.22. The molecule has 8 heteroatoms. The normalized spacial score (nSPS) is 20.0. The first-order valence-electron chi connectivity index (χ1n) is 7.71. The number of ether oxygens (including phenoxy) is 1. The molecule has 8 nitrogen and oxygen atoms in total. The molecule has 0 aliphatic carbocycles. The number of carbonyl (C=O) groups is 3. The number of ketones is 1. The SMILES string of the molecule is CC(CCN=[N+]=[N-])C[C@@H]1CN(C(=O)OC(C)(C)C)C(=O)CC1=O. The van der Waals surface area contributed by atoms with Crippen molar-refractivity contribution in [1.29, 1.82) is 0 Å². The van der Waals surface area contributed by atoms with Crippen molar-refractivity contribution in [2.24, 2.45) is 17.0 Å². The molecule has 0 aromatic heterocycles. The van der Waals surface area contributed by atoms with Crippen LogP contribution in [0.5, 0.6) is 0 Å². The fourth-order valence-electron chi connectivity index (χ4n) is 2.44. The van der Waals surface area contributed by atoms with Gasteiger partial charge in [-0.15, -0.1) is 0 Å². The molecule has 1 saturated heterocycles. The zero-order valence-electron chi connectivity index (χ0n) is 14.1. The van der Waals surface area contributed by atoms with Gasteiger partial charge in [-0.25, -0.2) is 9.69 Å². The van der Waals surface area contributed by atoms with E-state index in [9.17, 15) is 14.4 Å². The maximum absolute atomic E-state index is 12.1. The summed E-state index contributed by atoms with van der Waals surface area (Å²) in [4.78, 5) is 39.8. The summed E-state index contributed by atoms with van der Waals surface area (Å²) in [6, 6.07) is 0. The van der Waals surface area contributed by atoms with Gasteiger partial charge in [-0.2, -0.15) is 0 Å². The molecule has 1 fully saturated rings. The molecule has 128 valence electrons. The maximum atomic E-state index is 12.1. The van der Waals surface area contributed by atoms with Crippen molar-refractivity contribution in [2.75, 3.05) is 13.1 Å². The Morgan fingerprint density at radius 2 is 2.13 bits per heavy atom. The summed E-state index contributed by atoms with van der Waals surface area (Å²) in [5.74, 6) is -0.892. The van der Waals surface area contributed by atoms with E-state index >= 15 is 0 Å². The van der Waals surface area contributed by atoms with Crippen molar-refractivity contribution < 1.29 is 19.1 Å². The van der Waals surface area contributed by atoms with Crippen molar-refractivity contribution in [2.45, 2.75) is 52.6 Å². The molecule has 1 heterocycles. The molecule has 23 heavy (non-hydrogen) atoms. The van der Waals surface area contributed by atoms with Crippen LogP contribution >= 0.6 is 0 Å². The van der Waals surface area contributed by atoms with Gasteiger partial charge in [0.05, 0.1) is 6.42 Å². The molecule has 2 atom stereocenters. The molecular weight excluding hydrogens is 300 g/mol. The smallest absolute Gasteiger partial charge is 0.417 e. The van der Waals surface area contributed by atoms with E-state index in [1.165, 1.54) is 0 Å². The van der Waals surface area contributed by atoms with Gasteiger partial charge in [0.2, 0.25) is 5.91 Å². The number of azide groups is 1. The third-order valence-corrected chi connectivity index (χ3v) is 3.57. The van der Waals surface area contributed by atoms with Crippen LogP contribution in [0.3, 0.4) is 0 Å². The molecule has 0 N–H and O–H groups in total. The lowest BCUT2D eigenvalue weighted by Crippen LogP contribution is -2.49. The van der Waals surface area contributed by atoms with Crippen LogP contribution in [0, 0.1) is 11.8 Å². The second kappa shape index (κ2) is 7.97. The summed E-state index contributed by atoms with van der Waals surface area (Å²) in [6.07, 6.45) is 0.231. The summed E-state index contributed by atoms with van der Waals surface area (Å²) >= 11 is 0. The van der Waals surface area contributed by atoms with E-state index < -0.39 is 17.6 Å². The third-order valence-electron chi connectivity index (χ3n) is 3.57. The van der Waals surface area contributed by atoms with E-state index in [0.717, 1.165) is 4.90 Å². The fraction of sp³-hybridized carbons (Fsp3) is 0.800. The first kappa shape index (κ1) is 19.0. The number of rotatable bonds is 5. The Morgan fingerprint density at radius 1 is 1.48 bits per heavy atom. The Kier molecular flexibility index (Phi) is 6.57. The van der Waals surface area contributed by atoms with Gasteiger partial charge in [-0.3, -0.25) is 9.59 Å². The molecule has 0 radical (unpaired) electrons. The van der Waals surface area contributed by atoms with Gasteiger partial charge >= 0.3 is 6.09 Å². The first-order valence-corrected chi connectivity index (χ1v) is 7.71. The predicted molar refractivity (Wildman–Crippen MR) is 83.5 cm³/mol. The Morgan fingerprint density at radius 3 is 2.70 bits per heavy atom. The van der Waals surface area contributed by atoms with Crippen LogP contribution in [0.25, 0.3) is 10.4 Å². The Hall–Kier alpha value is -2.08. The van der Waals surface area contributed by atoms with Gasteiger partial charge in [0.25, 0.3) is 0 Å². The Labute approximate surface area is 135 Å². The van der Waals surface area contributed by atoms with E-state index in [0.29, 0.717) is 19.4 Å². The van der Waals surface area contributed by atoms with E-state index in [2.05, 4.69) is 10.0 Å². The van der Waals surface area contributed by atoms with Crippen LogP contribution in [0.4, 0.5) is 4.79 Å². The quantitative estimate of drug-likeness (QED) is 0.334. The summed E-state index contributed by atoms with van der Waals surface area (Å²) in [5.41, 5.74) is 7.57. The highest BCUT2D eigenvalue weighted by molar-refractivity contribution is 6.06. The molecule has 0 saturated carbocycles. The van der Waals surface area contributed by atoms with Crippen molar-refractivity contribution in [1.82, 2.24) is 4.90 Å². The molecular formula is C15H24N4O4. The number of amides is 2. The van der Waals surface area contributed by atoms with Gasteiger partial charge in [0.15, 0.2) is 0 Å². The predicted octanol–water partition coefficient (Wildman–Crippen LogP) is 3.07. The number of carbonyl (C=O) groups excluding carboxylic acids is 3. The lowest BCUT2D eigenvalue weighted by Gasteiger charge is -2.32. The topological polar surface area (TPSA) is 112 Å². The first-order chi connectivity index (χ1) is 10.6. The van der Waals surface area contributed by atoms with E-state index in [1.807, 2.05) is 6.92 Å². The van der Waals surface area contributed by atoms with Gasteiger partial charge in [-0.1, -0.05) is 12.0 Å². The fourth-order valence-corrected chi connectivity index (χ4v) is 2.44. The minimum atomic E-state index is -0.707.